The summed E-state index contributed by atoms with van der Waals surface area (Å²) in [5.74, 6) is 0.707. The topological polar surface area (TPSA) is 12.9 Å². The van der Waals surface area contributed by atoms with Crippen LogP contribution in [0.3, 0.4) is 0 Å². The first-order valence-electron chi connectivity index (χ1n) is 3.84. The van der Waals surface area contributed by atoms with Crippen LogP contribution >= 0.6 is 22.6 Å². The normalized spacial score (nSPS) is 12.9. The number of hydrogen-bond donors (Lipinski definition) is 0. The molecule has 0 spiro atoms. The molecule has 1 atom stereocenters. The van der Waals surface area contributed by atoms with Crippen LogP contribution in [0.1, 0.15) is 24.8 Å². The van der Waals surface area contributed by atoms with E-state index in [-0.39, 0.29) is 0 Å². The van der Waals surface area contributed by atoms with E-state index in [1.54, 1.807) is 0 Å². The van der Waals surface area contributed by atoms with Gasteiger partial charge in [0, 0.05) is 16.8 Å². The zero-order chi connectivity index (χ0) is 8.10. The van der Waals surface area contributed by atoms with E-state index >= 15 is 0 Å². The van der Waals surface area contributed by atoms with Crippen LogP contribution in [0.15, 0.2) is 24.5 Å². The first-order chi connectivity index (χ1) is 5.38. The van der Waals surface area contributed by atoms with E-state index in [2.05, 4.69) is 46.6 Å². The van der Waals surface area contributed by atoms with E-state index < -0.39 is 0 Å². The number of nitrogens with zero attached hydrogens (tertiary/aromatic N) is 1. The maximum Gasteiger partial charge on any atom is 0.0270 e. The monoisotopic (exact) mass is 261 g/mol. The molecule has 60 valence electrons. The molecule has 0 aromatic carbocycles. The molecule has 1 rings (SSSR count). The number of halogens is 1. The van der Waals surface area contributed by atoms with Crippen LogP contribution in [-0.2, 0) is 0 Å². The van der Waals surface area contributed by atoms with Crippen LogP contribution < -0.4 is 0 Å². The van der Waals surface area contributed by atoms with E-state index in [4.69, 9.17) is 0 Å². The zero-order valence-electron chi connectivity index (χ0n) is 6.63. The Kier molecular flexibility index (Phi) is 3.83. The highest BCUT2D eigenvalue weighted by Gasteiger charge is 2.05. The lowest BCUT2D eigenvalue weighted by atomic mass is 10.0. The standard InChI is InChI=1S/C9H12IN/c1-2-8(7-10)9-3-5-11-6-4-9/h3-6,8H,2,7H2,1H3. The molecule has 0 N–H and O–H groups in total. The minimum Gasteiger partial charge on any atom is -0.265 e. The predicted octanol–water partition coefficient (Wildman–Crippen LogP) is 3.01. The predicted molar refractivity (Wildman–Crippen MR) is 56.2 cm³/mol. The molecule has 1 nitrogen and oxygen atoms in total. The first kappa shape index (κ1) is 8.97. The molecule has 0 aliphatic rings. The first-order valence-corrected chi connectivity index (χ1v) is 5.37. The highest BCUT2D eigenvalue weighted by Crippen LogP contribution is 2.20. The van der Waals surface area contributed by atoms with Crippen molar-refractivity contribution in [3.05, 3.63) is 30.1 Å². The van der Waals surface area contributed by atoms with Crippen molar-refractivity contribution in [1.29, 1.82) is 0 Å². The minimum atomic E-state index is 0.707. The zero-order valence-corrected chi connectivity index (χ0v) is 8.78. The smallest absolute Gasteiger partial charge is 0.0270 e. The summed E-state index contributed by atoms with van der Waals surface area (Å²) >= 11 is 2.43. The Morgan fingerprint density at radius 1 is 1.45 bits per heavy atom. The maximum atomic E-state index is 3.99. The molecule has 1 aromatic heterocycles. The van der Waals surface area contributed by atoms with Crippen molar-refractivity contribution in [3.8, 4) is 0 Å². The molecule has 2 heteroatoms. The number of rotatable bonds is 3. The SMILES string of the molecule is CCC(CI)c1ccncc1. The Bertz CT molecular complexity index is 194. The molecule has 0 saturated heterocycles. The number of hydrogen-bond acceptors (Lipinski definition) is 1. The van der Waals surface area contributed by atoms with Gasteiger partial charge in [-0.2, -0.15) is 0 Å². The van der Waals surface area contributed by atoms with Crippen molar-refractivity contribution in [2.75, 3.05) is 4.43 Å². The molecule has 0 aliphatic heterocycles. The highest BCUT2D eigenvalue weighted by molar-refractivity contribution is 14.1. The van der Waals surface area contributed by atoms with Crippen molar-refractivity contribution >= 4 is 22.6 Å². The van der Waals surface area contributed by atoms with Gasteiger partial charge in [-0.3, -0.25) is 4.98 Å². The lowest BCUT2D eigenvalue weighted by molar-refractivity contribution is 0.752. The van der Waals surface area contributed by atoms with E-state index in [0.29, 0.717) is 5.92 Å². The molecule has 0 amide bonds. The fourth-order valence-corrected chi connectivity index (χ4v) is 2.20. The van der Waals surface area contributed by atoms with Crippen LogP contribution in [0.25, 0.3) is 0 Å². The third-order valence-electron chi connectivity index (χ3n) is 1.86. The van der Waals surface area contributed by atoms with Crippen molar-refractivity contribution in [1.82, 2.24) is 4.98 Å². The molecule has 0 aliphatic carbocycles. The Labute approximate surface area is 81.4 Å². The fourth-order valence-electron chi connectivity index (χ4n) is 1.07. The molecule has 1 unspecified atom stereocenters. The largest absolute Gasteiger partial charge is 0.265 e. The van der Waals surface area contributed by atoms with Gasteiger partial charge in [0.2, 0.25) is 0 Å². The summed E-state index contributed by atoms with van der Waals surface area (Å²) in [6.07, 6.45) is 4.95. The second-order valence-electron chi connectivity index (χ2n) is 2.54. The molecule has 0 bridgehead atoms. The average Bonchev–Trinajstić information content (AvgIpc) is 2.09. The lowest BCUT2D eigenvalue weighted by Gasteiger charge is -2.10. The van der Waals surface area contributed by atoms with E-state index in [1.165, 1.54) is 16.4 Å². The fraction of sp³-hybridized carbons (Fsp3) is 0.444. The lowest BCUT2D eigenvalue weighted by Crippen LogP contribution is -1.97. The molecule has 0 radical (unpaired) electrons. The molecule has 0 fully saturated rings. The van der Waals surface area contributed by atoms with Gasteiger partial charge in [0.1, 0.15) is 0 Å². The van der Waals surface area contributed by atoms with Crippen LogP contribution in [0.2, 0.25) is 0 Å². The van der Waals surface area contributed by atoms with Crippen LogP contribution in [0.4, 0.5) is 0 Å². The third kappa shape index (κ3) is 2.43. The molecule has 1 heterocycles. The van der Waals surface area contributed by atoms with E-state index in [1.807, 2.05) is 12.4 Å². The van der Waals surface area contributed by atoms with Crippen molar-refractivity contribution < 1.29 is 0 Å². The van der Waals surface area contributed by atoms with Crippen molar-refractivity contribution in [3.63, 3.8) is 0 Å². The van der Waals surface area contributed by atoms with E-state index in [0.717, 1.165) is 0 Å². The summed E-state index contributed by atoms with van der Waals surface area (Å²) in [5, 5.41) is 0. The van der Waals surface area contributed by atoms with Gasteiger partial charge in [0.15, 0.2) is 0 Å². The number of aromatic nitrogens is 1. The maximum absolute atomic E-state index is 3.99. The average molecular weight is 261 g/mol. The van der Waals surface area contributed by atoms with Crippen molar-refractivity contribution in [2.45, 2.75) is 19.3 Å². The van der Waals surface area contributed by atoms with Crippen LogP contribution in [-0.4, -0.2) is 9.41 Å². The summed E-state index contributed by atoms with van der Waals surface area (Å²) in [6, 6.07) is 4.21. The van der Waals surface area contributed by atoms with Gasteiger partial charge < -0.3 is 0 Å². The highest BCUT2D eigenvalue weighted by atomic mass is 127. The second-order valence-corrected chi connectivity index (χ2v) is 3.42. The third-order valence-corrected chi connectivity index (χ3v) is 2.92. The van der Waals surface area contributed by atoms with Gasteiger partial charge in [-0.15, -0.1) is 0 Å². The van der Waals surface area contributed by atoms with Gasteiger partial charge in [0.05, 0.1) is 0 Å². The molecule has 11 heavy (non-hydrogen) atoms. The number of alkyl halides is 1. The minimum absolute atomic E-state index is 0.707. The summed E-state index contributed by atoms with van der Waals surface area (Å²) in [6.45, 7) is 2.23. The molecular formula is C9H12IN. The quantitative estimate of drug-likeness (QED) is 0.602. The van der Waals surface area contributed by atoms with Gasteiger partial charge in [0.25, 0.3) is 0 Å². The molecule has 1 aromatic rings. The van der Waals surface area contributed by atoms with E-state index in [9.17, 15) is 0 Å². The van der Waals surface area contributed by atoms with Gasteiger partial charge >= 0.3 is 0 Å². The second kappa shape index (κ2) is 4.70. The summed E-state index contributed by atoms with van der Waals surface area (Å²) in [7, 11) is 0. The summed E-state index contributed by atoms with van der Waals surface area (Å²) in [5.41, 5.74) is 1.41. The van der Waals surface area contributed by atoms with Crippen LogP contribution in [0, 0.1) is 0 Å². The Balaban J connectivity index is 2.74. The van der Waals surface area contributed by atoms with Gasteiger partial charge in [-0.1, -0.05) is 29.5 Å². The van der Waals surface area contributed by atoms with Crippen LogP contribution in [0.5, 0.6) is 0 Å². The number of pyridine rings is 1. The molecular weight excluding hydrogens is 249 g/mol. The van der Waals surface area contributed by atoms with Gasteiger partial charge in [-0.05, 0) is 30.0 Å². The Morgan fingerprint density at radius 2 is 2.09 bits per heavy atom. The molecule has 0 saturated carbocycles. The van der Waals surface area contributed by atoms with Gasteiger partial charge in [-0.25, -0.2) is 0 Å². The summed E-state index contributed by atoms with van der Waals surface area (Å²) < 4.78 is 1.19. The summed E-state index contributed by atoms with van der Waals surface area (Å²) in [4.78, 5) is 3.99. The Morgan fingerprint density at radius 3 is 2.55 bits per heavy atom. The van der Waals surface area contributed by atoms with Crippen molar-refractivity contribution in [2.24, 2.45) is 0 Å². The Hall–Kier alpha value is -0.120.